The normalized spacial score (nSPS) is 10.9. The molecule has 1 heterocycles. The molecule has 0 amide bonds. The van der Waals surface area contributed by atoms with Crippen molar-refractivity contribution >= 4 is 34.5 Å². The summed E-state index contributed by atoms with van der Waals surface area (Å²) in [6.45, 7) is -0.496. The maximum Gasteiger partial charge on any atom is 0.336 e. The van der Waals surface area contributed by atoms with Gasteiger partial charge >= 0.3 is 11.7 Å². The Labute approximate surface area is 147 Å². The minimum atomic E-state index is -1.14. The lowest BCUT2D eigenvalue weighted by Crippen LogP contribution is -2.30. The molecule has 3 rings (SSSR count). The predicted octanol–water partition coefficient (Wildman–Crippen LogP) is 2.81. The molecule has 0 bridgehead atoms. The molecule has 3 aromatic rings. The number of fused-ring (bicyclic) bond motifs is 1. The zero-order valence-electron chi connectivity index (χ0n) is 13.2. The number of rotatable bonds is 5. The summed E-state index contributed by atoms with van der Waals surface area (Å²) >= 11 is 6.09. The SMILES string of the molecule is O=C(O)Cn1c(=O)n(C(=O)CCc2ccccc2Cl)c2ccccc21. The monoisotopic (exact) mass is 358 g/mol. The van der Waals surface area contributed by atoms with Crippen molar-refractivity contribution in [2.45, 2.75) is 19.4 Å². The fourth-order valence-electron chi connectivity index (χ4n) is 2.79. The third-order valence-electron chi connectivity index (χ3n) is 3.94. The lowest BCUT2D eigenvalue weighted by atomic mass is 10.1. The standard InChI is InChI=1S/C18H15ClN2O4/c19-13-6-2-1-5-12(13)9-10-16(22)21-15-8-4-3-7-14(15)20(18(21)25)11-17(23)24/h1-8H,9-11H2,(H,23,24). The van der Waals surface area contributed by atoms with Gasteiger partial charge in [-0.1, -0.05) is 41.9 Å². The Morgan fingerprint density at radius 2 is 1.64 bits per heavy atom. The Hall–Kier alpha value is -2.86. The van der Waals surface area contributed by atoms with Gasteiger partial charge < -0.3 is 5.11 Å². The number of carboxylic acids is 1. The number of carbonyl (C=O) groups is 2. The molecule has 0 saturated carbocycles. The van der Waals surface area contributed by atoms with E-state index in [-0.39, 0.29) is 6.42 Å². The molecule has 0 radical (unpaired) electrons. The van der Waals surface area contributed by atoms with Crippen LogP contribution >= 0.6 is 11.6 Å². The summed E-state index contributed by atoms with van der Waals surface area (Å²) < 4.78 is 2.13. The van der Waals surface area contributed by atoms with E-state index in [1.165, 1.54) is 0 Å². The Morgan fingerprint density at radius 3 is 2.32 bits per heavy atom. The Balaban J connectivity index is 1.96. The molecule has 1 aromatic heterocycles. The Kier molecular flexibility index (Phi) is 4.72. The van der Waals surface area contributed by atoms with Gasteiger partial charge in [0.25, 0.3) is 0 Å². The van der Waals surface area contributed by atoms with E-state index >= 15 is 0 Å². The van der Waals surface area contributed by atoms with Crippen LogP contribution in [0.5, 0.6) is 0 Å². The van der Waals surface area contributed by atoms with Crippen LogP contribution in [0.1, 0.15) is 16.8 Å². The van der Waals surface area contributed by atoms with Crippen molar-refractivity contribution in [3.05, 3.63) is 69.6 Å². The van der Waals surface area contributed by atoms with Crippen molar-refractivity contribution in [2.24, 2.45) is 0 Å². The van der Waals surface area contributed by atoms with Crippen molar-refractivity contribution in [3.8, 4) is 0 Å². The number of nitrogens with zero attached hydrogens (tertiary/aromatic N) is 2. The highest BCUT2D eigenvalue weighted by Crippen LogP contribution is 2.18. The largest absolute Gasteiger partial charge is 0.480 e. The highest BCUT2D eigenvalue weighted by molar-refractivity contribution is 6.31. The van der Waals surface area contributed by atoms with Gasteiger partial charge in [0, 0.05) is 11.4 Å². The minimum Gasteiger partial charge on any atom is -0.480 e. The quantitative estimate of drug-likeness (QED) is 0.760. The number of hydrogen-bond donors (Lipinski definition) is 1. The van der Waals surface area contributed by atoms with Crippen LogP contribution in [0, 0.1) is 0 Å². The number of benzene rings is 2. The lowest BCUT2D eigenvalue weighted by molar-refractivity contribution is -0.137. The fourth-order valence-corrected chi connectivity index (χ4v) is 3.02. The summed E-state index contributed by atoms with van der Waals surface area (Å²) in [5.41, 5.74) is 0.992. The van der Waals surface area contributed by atoms with Crippen molar-refractivity contribution < 1.29 is 14.7 Å². The van der Waals surface area contributed by atoms with Gasteiger partial charge in [-0.05, 0) is 30.2 Å². The lowest BCUT2D eigenvalue weighted by Gasteiger charge is -2.04. The molecule has 128 valence electrons. The van der Waals surface area contributed by atoms with Crippen LogP contribution in [0.3, 0.4) is 0 Å². The number of aromatic nitrogens is 2. The fraction of sp³-hybridized carbons (Fsp3) is 0.167. The van der Waals surface area contributed by atoms with Gasteiger partial charge in [0.2, 0.25) is 5.91 Å². The number of halogens is 1. The molecule has 0 aliphatic carbocycles. The van der Waals surface area contributed by atoms with Crippen molar-refractivity contribution in [2.75, 3.05) is 0 Å². The third kappa shape index (κ3) is 3.34. The van der Waals surface area contributed by atoms with Gasteiger partial charge in [0.05, 0.1) is 11.0 Å². The number of aryl methyl sites for hydroxylation is 1. The second-order valence-corrected chi connectivity index (χ2v) is 5.98. The van der Waals surface area contributed by atoms with Crippen LogP contribution in [-0.2, 0) is 17.8 Å². The first-order valence-corrected chi connectivity index (χ1v) is 8.05. The zero-order valence-corrected chi connectivity index (χ0v) is 13.9. The summed E-state index contributed by atoms with van der Waals surface area (Å²) in [6, 6.07) is 13.8. The van der Waals surface area contributed by atoms with Crippen LogP contribution in [-0.4, -0.2) is 26.1 Å². The predicted molar refractivity (Wildman–Crippen MR) is 94.2 cm³/mol. The maximum absolute atomic E-state index is 12.6. The van der Waals surface area contributed by atoms with E-state index in [9.17, 15) is 14.4 Å². The molecule has 0 aliphatic heterocycles. The van der Waals surface area contributed by atoms with Crippen LogP contribution in [0.15, 0.2) is 53.3 Å². The molecular weight excluding hydrogens is 344 g/mol. The number of carboxylic acid groups (broad SMARTS) is 1. The van der Waals surface area contributed by atoms with Crippen LogP contribution < -0.4 is 5.69 Å². The summed E-state index contributed by atoms with van der Waals surface area (Å²) in [6.07, 6.45) is 0.480. The minimum absolute atomic E-state index is 0.0880. The van der Waals surface area contributed by atoms with E-state index in [4.69, 9.17) is 16.7 Å². The molecule has 0 aliphatic rings. The average Bonchev–Trinajstić information content (AvgIpc) is 2.86. The van der Waals surface area contributed by atoms with E-state index in [2.05, 4.69) is 0 Å². The molecule has 0 fully saturated rings. The maximum atomic E-state index is 12.6. The van der Waals surface area contributed by atoms with E-state index < -0.39 is 24.1 Å². The van der Waals surface area contributed by atoms with Gasteiger partial charge in [0.15, 0.2) is 0 Å². The molecule has 2 aromatic carbocycles. The van der Waals surface area contributed by atoms with Gasteiger partial charge in [-0.15, -0.1) is 0 Å². The number of carbonyl (C=O) groups excluding carboxylic acids is 1. The van der Waals surface area contributed by atoms with Crippen molar-refractivity contribution in [3.63, 3.8) is 0 Å². The van der Waals surface area contributed by atoms with Crippen LogP contribution in [0.2, 0.25) is 5.02 Å². The molecule has 1 N–H and O–H groups in total. The average molecular weight is 359 g/mol. The van der Waals surface area contributed by atoms with E-state index in [0.717, 1.165) is 14.7 Å². The highest BCUT2D eigenvalue weighted by atomic mass is 35.5. The topological polar surface area (TPSA) is 81.3 Å². The number of aliphatic carboxylic acids is 1. The van der Waals surface area contributed by atoms with Crippen molar-refractivity contribution in [1.82, 2.24) is 9.13 Å². The summed E-state index contributed by atoms with van der Waals surface area (Å²) in [4.78, 5) is 36.2. The molecule has 6 nitrogen and oxygen atoms in total. The second-order valence-electron chi connectivity index (χ2n) is 5.57. The molecule has 0 atom stereocenters. The first kappa shape index (κ1) is 17.0. The molecule has 25 heavy (non-hydrogen) atoms. The first-order chi connectivity index (χ1) is 12.0. The Morgan fingerprint density at radius 1 is 1.00 bits per heavy atom. The van der Waals surface area contributed by atoms with Gasteiger partial charge in [-0.3, -0.25) is 14.2 Å². The molecule has 7 heteroatoms. The summed E-state index contributed by atoms with van der Waals surface area (Å²) in [5.74, 6) is -1.54. The zero-order chi connectivity index (χ0) is 18.0. The summed E-state index contributed by atoms with van der Waals surface area (Å²) in [5, 5.41) is 9.58. The van der Waals surface area contributed by atoms with E-state index in [0.29, 0.717) is 22.5 Å². The Bertz CT molecular complexity index is 1020. The van der Waals surface area contributed by atoms with Crippen LogP contribution in [0.4, 0.5) is 0 Å². The first-order valence-electron chi connectivity index (χ1n) is 7.67. The van der Waals surface area contributed by atoms with Gasteiger partial charge in [-0.25, -0.2) is 9.36 Å². The molecule has 0 saturated heterocycles. The third-order valence-corrected chi connectivity index (χ3v) is 4.31. The molecular formula is C18H15ClN2O4. The van der Waals surface area contributed by atoms with Crippen LogP contribution in [0.25, 0.3) is 11.0 Å². The number of para-hydroxylation sites is 2. The highest BCUT2D eigenvalue weighted by Gasteiger charge is 2.19. The number of hydrogen-bond acceptors (Lipinski definition) is 3. The smallest absolute Gasteiger partial charge is 0.336 e. The molecule has 0 spiro atoms. The summed E-state index contributed by atoms with van der Waals surface area (Å²) in [7, 11) is 0. The van der Waals surface area contributed by atoms with E-state index in [1.54, 1.807) is 36.4 Å². The molecule has 0 unspecified atom stereocenters. The van der Waals surface area contributed by atoms with Gasteiger partial charge in [0.1, 0.15) is 6.54 Å². The number of imidazole rings is 1. The second kappa shape index (κ2) is 6.94. The van der Waals surface area contributed by atoms with E-state index in [1.807, 2.05) is 12.1 Å². The van der Waals surface area contributed by atoms with Gasteiger partial charge in [-0.2, -0.15) is 0 Å². The van der Waals surface area contributed by atoms with Crippen molar-refractivity contribution in [1.29, 1.82) is 0 Å².